The summed E-state index contributed by atoms with van der Waals surface area (Å²) in [7, 11) is -3.12. The third kappa shape index (κ3) is 9.49. The van der Waals surface area contributed by atoms with Gasteiger partial charge in [0.1, 0.15) is 45.8 Å². The number of ether oxygens (including phenoxy) is 2. The number of rotatable bonds is 9. The quantitative estimate of drug-likeness (QED) is 0.0979. The number of pyridine rings is 1. The molecule has 4 heterocycles. The van der Waals surface area contributed by atoms with Crippen LogP contribution in [-0.2, 0) is 34.0 Å². The maximum Gasteiger partial charge on any atom is 0.266 e. The summed E-state index contributed by atoms with van der Waals surface area (Å²) < 4.78 is 41.9. The number of fused-ring (bicyclic) bond motifs is 3. The molecule has 17 nitrogen and oxygen atoms in total. The van der Waals surface area contributed by atoms with E-state index in [1.165, 1.54) is 52.7 Å². The molecule has 2 aliphatic heterocycles. The number of benzene rings is 2. The first-order chi connectivity index (χ1) is 29.7. The minimum atomic E-state index is -4.68. The van der Waals surface area contributed by atoms with Crippen LogP contribution in [0.15, 0.2) is 76.5 Å². The SMILES string of the molecule is C=C[C@@H]1C[C@]1(N=C=O)C1NC(=O)[C@@H]2C[C@@H](Oc3cc(-c4csc(NC(C)C)n4)nc4cc(OC)ccc34)CN2C(=O)CCCCCCC(=O)Nc2ccccc2S(=O)(=O)NC1=O. The number of hydrogen-bond donors (Lipinski definition) is 4. The van der Waals surface area contributed by atoms with Crippen LogP contribution in [0.2, 0.25) is 0 Å². The monoisotopic (exact) mass is 884 g/mol. The van der Waals surface area contributed by atoms with E-state index in [0.717, 1.165) is 5.13 Å². The lowest BCUT2D eigenvalue weighted by molar-refractivity contribution is -0.139. The van der Waals surface area contributed by atoms with Crippen LogP contribution in [0.1, 0.15) is 65.2 Å². The number of carbonyl (C=O) groups is 4. The molecule has 3 aliphatic rings. The van der Waals surface area contributed by atoms with Crippen molar-refractivity contribution in [1.29, 1.82) is 0 Å². The highest BCUT2D eigenvalue weighted by atomic mass is 32.2. The van der Waals surface area contributed by atoms with Crippen molar-refractivity contribution < 1.29 is 41.9 Å². The van der Waals surface area contributed by atoms with E-state index < -0.39 is 57.4 Å². The zero-order valence-electron chi connectivity index (χ0n) is 34.5. The van der Waals surface area contributed by atoms with Crippen LogP contribution in [0.25, 0.3) is 22.3 Å². The van der Waals surface area contributed by atoms with Crippen molar-refractivity contribution in [2.75, 3.05) is 24.3 Å². The lowest BCUT2D eigenvalue weighted by atomic mass is 10.0. The summed E-state index contributed by atoms with van der Waals surface area (Å²) in [5.74, 6) is -2.33. The molecule has 7 rings (SSSR count). The summed E-state index contributed by atoms with van der Waals surface area (Å²) in [4.78, 5) is 82.1. The van der Waals surface area contributed by atoms with E-state index in [2.05, 4.69) is 27.5 Å². The van der Waals surface area contributed by atoms with Gasteiger partial charge in [0.15, 0.2) is 5.13 Å². The number of amides is 4. The highest BCUT2D eigenvalue weighted by molar-refractivity contribution is 7.90. The first-order valence-electron chi connectivity index (χ1n) is 20.4. The molecule has 1 aliphatic carbocycles. The van der Waals surface area contributed by atoms with Gasteiger partial charge in [-0.15, -0.1) is 17.9 Å². The molecule has 2 fully saturated rings. The molecule has 0 spiro atoms. The second kappa shape index (κ2) is 18.4. The van der Waals surface area contributed by atoms with Crippen LogP contribution in [0.5, 0.6) is 11.5 Å². The van der Waals surface area contributed by atoms with Crippen LogP contribution >= 0.6 is 11.3 Å². The molecule has 5 atom stereocenters. The Morgan fingerprint density at radius 3 is 2.53 bits per heavy atom. The number of sulfonamides is 1. The summed E-state index contributed by atoms with van der Waals surface area (Å²) in [6, 6.07) is 10.0. The Balaban J connectivity index is 1.23. The molecule has 2 aromatic carbocycles. The third-order valence-corrected chi connectivity index (χ3v) is 13.4. The standard InChI is InChI=1S/C43H48N8O9S2/c1-5-26-21-43(26,44-24-52)39-41(56)50-62(57,58)36-13-11-10-12-30(36)47-37(53)14-8-6-7-9-15-38(54)51-22-28(19-34(51)40(55)49-39)60-35-20-32(33-23-61-42(48-33)45-25(2)3)46-31-18-27(59-4)16-17-29(31)35/h5,10-13,16-18,20,23,25-26,28,34,39H,1,6-9,14-15,19,21-22H2,2-4H3,(H,45,48)(H,47,53)(H,49,55)(H,50,56)/t26-,28-,34+,39?,43-/m1/s1. The van der Waals surface area contributed by atoms with Gasteiger partial charge in [0.05, 0.1) is 30.6 Å². The van der Waals surface area contributed by atoms with Crippen molar-refractivity contribution in [2.24, 2.45) is 10.9 Å². The highest BCUT2D eigenvalue weighted by Crippen LogP contribution is 2.50. The minimum Gasteiger partial charge on any atom is -0.497 e. The first-order valence-corrected chi connectivity index (χ1v) is 22.8. The maximum atomic E-state index is 14.6. The van der Waals surface area contributed by atoms with E-state index >= 15 is 0 Å². The summed E-state index contributed by atoms with van der Waals surface area (Å²) >= 11 is 1.44. The largest absolute Gasteiger partial charge is 0.497 e. The number of isocyanates is 1. The van der Waals surface area contributed by atoms with Crippen LogP contribution in [0.4, 0.5) is 10.8 Å². The lowest BCUT2D eigenvalue weighted by Gasteiger charge is -2.28. The lowest BCUT2D eigenvalue weighted by Crippen LogP contribution is -2.59. The Morgan fingerprint density at radius 2 is 1.81 bits per heavy atom. The fourth-order valence-corrected chi connectivity index (χ4v) is 10.0. The average Bonchev–Trinajstić information content (AvgIpc) is 3.50. The molecule has 0 bridgehead atoms. The van der Waals surface area contributed by atoms with E-state index in [0.29, 0.717) is 59.5 Å². The molecule has 4 aromatic rings. The number of nitrogens with one attached hydrogen (secondary N) is 4. The van der Waals surface area contributed by atoms with Crippen molar-refractivity contribution in [3.8, 4) is 22.9 Å². The molecule has 1 saturated heterocycles. The van der Waals surface area contributed by atoms with Crippen LogP contribution in [0.3, 0.4) is 0 Å². The molecular weight excluding hydrogens is 837 g/mol. The van der Waals surface area contributed by atoms with Crippen molar-refractivity contribution in [2.45, 2.75) is 99.9 Å². The number of hydrogen-bond acceptors (Lipinski definition) is 14. The van der Waals surface area contributed by atoms with Crippen molar-refractivity contribution in [3.05, 3.63) is 66.6 Å². The summed E-state index contributed by atoms with van der Waals surface area (Å²) in [6.07, 6.45) is 4.65. The summed E-state index contributed by atoms with van der Waals surface area (Å²) in [6.45, 7) is 7.80. The Hall–Kier alpha value is -6.17. The molecule has 4 amide bonds. The van der Waals surface area contributed by atoms with Crippen LogP contribution in [-0.4, -0.2) is 96.4 Å². The Kier molecular flexibility index (Phi) is 13.1. The van der Waals surface area contributed by atoms with Crippen molar-refractivity contribution >= 4 is 72.8 Å². The van der Waals surface area contributed by atoms with Gasteiger partial charge >= 0.3 is 0 Å². The molecule has 62 heavy (non-hydrogen) atoms. The fraction of sp³-hybridized carbons (Fsp3) is 0.419. The predicted molar refractivity (Wildman–Crippen MR) is 232 cm³/mol. The van der Waals surface area contributed by atoms with E-state index in [-0.39, 0.29) is 54.8 Å². The van der Waals surface area contributed by atoms with Gasteiger partial charge in [-0.2, -0.15) is 4.99 Å². The van der Waals surface area contributed by atoms with Crippen molar-refractivity contribution in [1.82, 2.24) is 24.9 Å². The Morgan fingerprint density at radius 1 is 1.03 bits per heavy atom. The predicted octanol–water partition coefficient (Wildman–Crippen LogP) is 5.10. The second-order valence-electron chi connectivity index (χ2n) is 15.9. The zero-order valence-corrected chi connectivity index (χ0v) is 36.1. The molecule has 1 unspecified atom stereocenters. The maximum absolute atomic E-state index is 14.6. The normalized spacial score (nSPS) is 24.5. The van der Waals surface area contributed by atoms with Crippen LogP contribution < -0.4 is 30.1 Å². The summed E-state index contributed by atoms with van der Waals surface area (Å²) in [5, 5.41) is 11.9. The number of carbonyl (C=O) groups excluding carboxylic acids is 5. The van der Waals surface area contributed by atoms with Gasteiger partial charge in [-0.3, -0.25) is 19.2 Å². The number of methoxy groups -OCH3 is 1. The zero-order chi connectivity index (χ0) is 44.2. The minimum absolute atomic E-state index is 0.000492. The number of aliphatic imine (C=N–C) groups is 1. The molecule has 1 saturated carbocycles. The number of aromatic nitrogens is 2. The molecule has 0 radical (unpaired) electrons. The van der Waals surface area contributed by atoms with E-state index in [4.69, 9.17) is 19.4 Å². The van der Waals surface area contributed by atoms with E-state index in [1.54, 1.807) is 25.3 Å². The van der Waals surface area contributed by atoms with Crippen LogP contribution in [0, 0.1) is 5.92 Å². The van der Waals surface area contributed by atoms with Gasteiger partial charge < -0.3 is 30.3 Å². The van der Waals surface area contributed by atoms with Gasteiger partial charge in [-0.05, 0) is 57.4 Å². The van der Waals surface area contributed by atoms with Gasteiger partial charge in [0.2, 0.25) is 23.8 Å². The average molecular weight is 885 g/mol. The Bertz CT molecular complexity index is 2560. The van der Waals surface area contributed by atoms with E-state index in [9.17, 15) is 32.4 Å². The molecule has 326 valence electrons. The molecule has 19 heteroatoms. The number of nitrogens with zero attached hydrogens (tertiary/aromatic N) is 4. The van der Waals surface area contributed by atoms with Gasteiger partial charge in [-0.25, -0.2) is 27.9 Å². The molecular formula is C43H48N8O9S2. The Labute approximate surface area is 362 Å². The van der Waals surface area contributed by atoms with Gasteiger partial charge in [-0.1, -0.05) is 31.1 Å². The van der Waals surface area contributed by atoms with E-state index in [1.807, 2.05) is 30.0 Å². The highest BCUT2D eigenvalue weighted by Gasteiger charge is 2.62. The topological polar surface area (TPSA) is 227 Å². The first kappa shape index (κ1) is 43.9. The number of thiazole rings is 1. The fourth-order valence-electron chi connectivity index (χ4n) is 7.99. The molecule has 2 aromatic heterocycles. The number of anilines is 2. The third-order valence-electron chi connectivity index (χ3n) is 11.2. The van der Waals surface area contributed by atoms with Gasteiger partial charge in [0.25, 0.3) is 15.9 Å². The second-order valence-corrected chi connectivity index (χ2v) is 18.4. The number of para-hydroxylation sites is 1. The van der Waals surface area contributed by atoms with Crippen molar-refractivity contribution in [3.63, 3.8) is 0 Å². The smallest absolute Gasteiger partial charge is 0.266 e. The van der Waals surface area contributed by atoms with Gasteiger partial charge in [0, 0.05) is 54.1 Å². The summed E-state index contributed by atoms with van der Waals surface area (Å²) in [5.41, 5.74) is 0.0502. The molecule has 4 N–H and O–H groups in total.